The van der Waals surface area contributed by atoms with E-state index in [4.69, 9.17) is 19.2 Å². The molecule has 4 heterocycles. The smallest absolute Gasteiger partial charge is 0.345 e. The van der Waals surface area contributed by atoms with Gasteiger partial charge in [0.05, 0.1) is 37.1 Å². The molecule has 12 nitrogen and oxygen atoms in total. The van der Waals surface area contributed by atoms with Crippen molar-refractivity contribution in [2.45, 2.75) is 70.4 Å². The summed E-state index contributed by atoms with van der Waals surface area (Å²) in [6.45, 7) is 7.76. The van der Waals surface area contributed by atoms with E-state index in [1.165, 1.54) is 5.01 Å². The lowest BCUT2D eigenvalue weighted by Gasteiger charge is -2.37. The van der Waals surface area contributed by atoms with Gasteiger partial charge in [0.1, 0.15) is 12.1 Å². The Morgan fingerprint density at radius 1 is 1.05 bits per heavy atom. The molecule has 44 heavy (non-hydrogen) atoms. The van der Waals surface area contributed by atoms with E-state index in [9.17, 15) is 19.2 Å². The van der Waals surface area contributed by atoms with Crippen LogP contribution >= 0.6 is 0 Å². The van der Waals surface area contributed by atoms with E-state index >= 15 is 0 Å². The van der Waals surface area contributed by atoms with Crippen molar-refractivity contribution in [2.24, 2.45) is 5.92 Å². The minimum atomic E-state index is -1.57. The van der Waals surface area contributed by atoms with Crippen molar-refractivity contribution >= 4 is 40.7 Å². The number of carbonyl (C=O) groups excluding carboxylic acids is 4. The molecule has 1 aromatic heterocycles. The minimum Gasteiger partial charge on any atom is -0.450 e. The molecule has 2 saturated heterocycles. The summed E-state index contributed by atoms with van der Waals surface area (Å²) >= 11 is 0. The molecular formula is C32H41N5O7. The third-order valence-corrected chi connectivity index (χ3v) is 8.47. The molecule has 0 radical (unpaired) electrons. The maximum Gasteiger partial charge on any atom is 0.345 e. The molecule has 3 amide bonds. The summed E-state index contributed by atoms with van der Waals surface area (Å²) in [5, 5.41) is 5.00. The van der Waals surface area contributed by atoms with Gasteiger partial charge in [0.15, 0.2) is 6.10 Å². The van der Waals surface area contributed by atoms with Gasteiger partial charge in [-0.1, -0.05) is 38.1 Å². The van der Waals surface area contributed by atoms with Crippen LogP contribution in [0.2, 0.25) is 0 Å². The van der Waals surface area contributed by atoms with Gasteiger partial charge in [-0.25, -0.2) is 10.2 Å². The molecule has 1 spiro atoms. The van der Waals surface area contributed by atoms with Crippen molar-refractivity contribution in [3.63, 3.8) is 0 Å². The van der Waals surface area contributed by atoms with Crippen LogP contribution in [0.3, 0.4) is 0 Å². The van der Waals surface area contributed by atoms with Crippen LogP contribution < -0.4 is 10.7 Å². The largest absolute Gasteiger partial charge is 0.450 e. The molecule has 2 aromatic rings. The quantitative estimate of drug-likeness (QED) is 0.467. The molecule has 12 heteroatoms. The second kappa shape index (κ2) is 13.0. The normalized spacial score (nSPS) is 30.0. The van der Waals surface area contributed by atoms with Gasteiger partial charge in [-0.3, -0.25) is 24.4 Å². The summed E-state index contributed by atoms with van der Waals surface area (Å²) in [5.41, 5.74) is 3.70. The lowest BCUT2D eigenvalue weighted by Crippen LogP contribution is -2.61. The average molecular weight is 608 g/mol. The summed E-state index contributed by atoms with van der Waals surface area (Å²) in [6, 6.07) is 7.69. The maximum atomic E-state index is 13.7. The Morgan fingerprint density at radius 3 is 2.55 bits per heavy atom. The van der Waals surface area contributed by atoms with Crippen molar-refractivity contribution < 1.29 is 33.4 Å². The molecule has 3 aliphatic rings. The number of hydrogen-bond acceptors (Lipinski definition) is 9. The first-order valence-corrected chi connectivity index (χ1v) is 15.2. The van der Waals surface area contributed by atoms with Crippen LogP contribution in [0.4, 0.5) is 0 Å². The topological polar surface area (TPSA) is 139 Å². The number of carbonyl (C=O) groups is 4. The lowest BCUT2D eigenvalue weighted by molar-refractivity contribution is -0.195. The third kappa shape index (κ3) is 6.47. The molecule has 2 fully saturated rings. The number of hydrogen-bond donors (Lipinski definition) is 2. The number of nitrogens with zero attached hydrogens (tertiary/aromatic N) is 3. The first-order valence-electron chi connectivity index (χ1n) is 15.2. The first kappa shape index (κ1) is 31.6. The number of aromatic nitrogens is 1. The monoisotopic (exact) mass is 607 g/mol. The molecule has 0 aliphatic carbocycles. The minimum absolute atomic E-state index is 0.0840. The van der Waals surface area contributed by atoms with Gasteiger partial charge in [0.2, 0.25) is 11.5 Å². The number of rotatable bonds is 1. The van der Waals surface area contributed by atoms with Crippen LogP contribution in [0.25, 0.3) is 17.0 Å². The number of hydrazine groups is 1. The third-order valence-electron chi connectivity index (χ3n) is 8.47. The number of ether oxygens (including phenoxy) is 3. The van der Waals surface area contributed by atoms with Crippen LogP contribution in [0.5, 0.6) is 0 Å². The van der Waals surface area contributed by atoms with Crippen LogP contribution in [0.1, 0.15) is 57.8 Å². The Balaban J connectivity index is 1.55. The summed E-state index contributed by atoms with van der Waals surface area (Å²) in [5.74, 6) is -2.33. The number of pyridine rings is 1. The Hall–Kier alpha value is -3.87. The second-order valence-electron chi connectivity index (χ2n) is 12.1. The predicted octanol–water partition coefficient (Wildman–Crippen LogP) is 2.13. The number of cyclic esters (lactones) is 1. The van der Waals surface area contributed by atoms with Gasteiger partial charge in [0, 0.05) is 19.0 Å². The van der Waals surface area contributed by atoms with E-state index in [2.05, 4.69) is 10.7 Å². The number of fused-ring (bicyclic) bond motifs is 4. The summed E-state index contributed by atoms with van der Waals surface area (Å²) in [6.07, 6.45) is 3.32. The van der Waals surface area contributed by atoms with Crippen LogP contribution in [-0.4, -0.2) is 95.8 Å². The molecule has 5 rings (SSSR count). The number of amides is 3. The van der Waals surface area contributed by atoms with Crippen molar-refractivity contribution in [3.8, 4) is 0 Å². The Morgan fingerprint density at radius 2 is 1.82 bits per heavy atom. The lowest BCUT2D eigenvalue weighted by atomic mass is 10.0. The highest BCUT2D eigenvalue weighted by Gasteiger charge is 2.44. The van der Waals surface area contributed by atoms with Gasteiger partial charge in [-0.2, -0.15) is 0 Å². The SMILES string of the molecule is CC(C)[C@@H]1OC(=O)C2(/C=C/c3ccc4ccc(nc4c3)[C@@H](C)N(C)C(=O)[C@@H]3CCCN(N3)C(=O)[C@H](C)NC1=O)COCCO2. The van der Waals surface area contributed by atoms with Gasteiger partial charge < -0.3 is 24.4 Å². The van der Waals surface area contributed by atoms with Crippen molar-refractivity contribution in [1.82, 2.24) is 25.6 Å². The molecule has 5 bridgehead atoms. The fraction of sp³-hybridized carbons (Fsp3) is 0.531. The Bertz CT molecular complexity index is 1450. The summed E-state index contributed by atoms with van der Waals surface area (Å²) in [4.78, 5) is 60.5. The maximum absolute atomic E-state index is 13.7. The first-order chi connectivity index (χ1) is 21.0. The van der Waals surface area contributed by atoms with E-state index in [1.807, 2.05) is 37.3 Å². The van der Waals surface area contributed by atoms with Gasteiger partial charge >= 0.3 is 5.97 Å². The highest BCUT2D eigenvalue weighted by Crippen LogP contribution is 2.27. The summed E-state index contributed by atoms with van der Waals surface area (Å²) < 4.78 is 17.4. The van der Waals surface area contributed by atoms with Crippen molar-refractivity contribution in [3.05, 3.63) is 47.7 Å². The number of likely N-dealkylation sites (N-methyl/N-ethyl adjacent to an activating group) is 1. The van der Waals surface area contributed by atoms with Gasteiger partial charge in [-0.05, 0) is 56.4 Å². The van der Waals surface area contributed by atoms with E-state index < -0.39 is 47.5 Å². The van der Waals surface area contributed by atoms with Crippen molar-refractivity contribution in [1.29, 1.82) is 0 Å². The molecule has 0 saturated carbocycles. The molecule has 1 unspecified atom stereocenters. The predicted molar refractivity (Wildman–Crippen MR) is 162 cm³/mol. The molecular weight excluding hydrogens is 566 g/mol. The van der Waals surface area contributed by atoms with E-state index in [0.717, 1.165) is 16.5 Å². The average Bonchev–Trinajstić information content (AvgIpc) is 3.04. The standard InChI is InChI=1S/C32H41N5O7/c1-19(2)27-28(38)33-20(3)29(39)37-14-6-7-25(35-37)30(40)36(5)21(4)24-11-10-23-9-8-22(17-26(23)34-24)12-13-32(31(41)44-27)18-42-15-16-43-32/h8-13,17,19-21,25,27,35H,6-7,14-16,18H2,1-5H3,(H,33,38)/b13-12+/t20-,21+,25-,27-,32?/m0/s1. The zero-order valence-corrected chi connectivity index (χ0v) is 25.9. The molecule has 236 valence electrons. The number of benzene rings is 1. The molecule has 5 atom stereocenters. The van der Waals surface area contributed by atoms with Crippen LogP contribution in [0, 0.1) is 5.92 Å². The van der Waals surface area contributed by atoms with Crippen molar-refractivity contribution in [2.75, 3.05) is 33.4 Å². The summed E-state index contributed by atoms with van der Waals surface area (Å²) in [7, 11) is 1.73. The van der Waals surface area contributed by atoms with E-state index in [1.54, 1.807) is 44.9 Å². The highest BCUT2D eigenvalue weighted by atomic mass is 16.6. The molecule has 3 aliphatic heterocycles. The fourth-order valence-corrected chi connectivity index (χ4v) is 5.60. The van der Waals surface area contributed by atoms with E-state index in [-0.39, 0.29) is 25.2 Å². The van der Waals surface area contributed by atoms with Crippen LogP contribution in [-0.2, 0) is 33.4 Å². The zero-order chi connectivity index (χ0) is 31.6. The zero-order valence-electron chi connectivity index (χ0n) is 25.9. The number of esters is 1. The van der Waals surface area contributed by atoms with Gasteiger partial charge in [-0.15, -0.1) is 0 Å². The number of nitrogens with one attached hydrogen (secondary N) is 2. The highest BCUT2D eigenvalue weighted by molar-refractivity contribution is 5.92. The second-order valence-corrected chi connectivity index (χ2v) is 12.1. The van der Waals surface area contributed by atoms with Crippen LogP contribution in [0.15, 0.2) is 36.4 Å². The Kier molecular flexibility index (Phi) is 9.33. The van der Waals surface area contributed by atoms with Gasteiger partial charge in [0.25, 0.3) is 11.8 Å². The Labute approximate surface area is 257 Å². The molecule has 2 N–H and O–H groups in total. The van der Waals surface area contributed by atoms with E-state index in [0.29, 0.717) is 31.7 Å². The molecule has 1 aromatic carbocycles. The fourth-order valence-electron chi connectivity index (χ4n) is 5.60.